The number of carbonyl (C=O) groups is 1. The Kier molecular flexibility index (Phi) is 4.62. The fourth-order valence-corrected chi connectivity index (χ4v) is 3.33. The summed E-state index contributed by atoms with van der Waals surface area (Å²) < 4.78 is 9.27. The lowest BCUT2D eigenvalue weighted by atomic mass is 9.96. The minimum atomic E-state index is -0.150. The first kappa shape index (κ1) is 15.2. The summed E-state index contributed by atoms with van der Waals surface area (Å²) >= 11 is 1.43. The van der Waals surface area contributed by atoms with Crippen LogP contribution in [-0.2, 0) is 14.9 Å². The van der Waals surface area contributed by atoms with Crippen molar-refractivity contribution in [3.63, 3.8) is 0 Å². The van der Waals surface area contributed by atoms with Crippen LogP contribution in [0.25, 0.3) is 0 Å². The molecule has 0 amide bonds. The van der Waals surface area contributed by atoms with Crippen LogP contribution in [0.3, 0.4) is 0 Å². The van der Waals surface area contributed by atoms with Crippen LogP contribution >= 0.6 is 11.5 Å². The van der Waals surface area contributed by atoms with Gasteiger partial charge in [0.05, 0.1) is 13.5 Å². The molecule has 1 aromatic heterocycles. The third kappa shape index (κ3) is 3.48. The van der Waals surface area contributed by atoms with E-state index in [9.17, 15) is 4.79 Å². The maximum atomic E-state index is 11.5. The molecule has 5 nitrogen and oxygen atoms in total. The highest BCUT2D eigenvalue weighted by molar-refractivity contribution is 7.09. The third-order valence-electron chi connectivity index (χ3n) is 3.59. The molecule has 0 aliphatic carbocycles. The van der Waals surface area contributed by atoms with E-state index in [1.807, 2.05) is 0 Å². The lowest BCUT2D eigenvalue weighted by molar-refractivity contribution is -0.141. The zero-order valence-electron chi connectivity index (χ0n) is 12.7. The van der Waals surface area contributed by atoms with Crippen LogP contribution in [-0.4, -0.2) is 35.0 Å². The molecule has 1 saturated heterocycles. The third-order valence-corrected chi connectivity index (χ3v) is 4.34. The summed E-state index contributed by atoms with van der Waals surface area (Å²) in [5.74, 6) is 0.724. The van der Waals surface area contributed by atoms with Crippen LogP contribution in [0.2, 0.25) is 0 Å². The van der Waals surface area contributed by atoms with Crippen molar-refractivity contribution < 1.29 is 9.53 Å². The molecule has 0 N–H and O–H groups in total. The van der Waals surface area contributed by atoms with E-state index in [0.717, 1.165) is 36.8 Å². The van der Waals surface area contributed by atoms with E-state index in [-0.39, 0.29) is 17.4 Å². The highest BCUT2D eigenvalue weighted by Crippen LogP contribution is 2.30. The normalized spacial score (nSPS) is 20.0. The Bertz CT molecular complexity index is 467. The molecule has 0 saturated carbocycles. The number of ether oxygens (including phenoxy) is 1. The summed E-state index contributed by atoms with van der Waals surface area (Å²) in [5, 5.41) is 0.934. The van der Waals surface area contributed by atoms with Crippen molar-refractivity contribution >= 4 is 22.6 Å². The molecule has 6 heteroatoms. The van der Waals surface area contributed by atoms with Gasteiger partial charge in [-0.1, -0.05) is 20.8 Å². The standard InChI is InChI=1S/C14H23N3O2S/c1-14(2,3)12-15-13(20-16-12)17-8-6-5-7-10(17)9-11(18)19-4/h10H,5-9H2,1-4H3. The quantitative estimate of drug-likeness (QED) is 0.803. The van der Waals surface area contributed by atoms with Gasteiger partial charge in [0.15, 0.2) is 0 Å². The lowest BCUT2D eigenvalue weighted by Gasteiger charge is -2.34. The molecule has 2 heterocycles. The van der Waals surface area contributed by atoms with Crippen molar-refractivity contribution in [3.8, 4) is 0 Å². The van der Waals surface area contributed by atoms with Crippen molar-refractivity contribution in [2.24, 2.45) is 0 Å². The monoisotopic (exact) mass is 297 g/mol. The van der Waals surface area contributed by atoms with Gasteiger partial charge in [-0.3, -0.25) is 4.79 Å². The fraction of sp³-hybridized carbons (Fsp3) is 0.786. The molecule has 1 aromatic rings. The van der Waals surface area contributed by atoms with Crippen LogP contribution in [0, 0.1) is 0 Å². The molecule has 0 aromatic carbocycles. The second-order valence-corrected chi connectivity index (χ2v) is 7.00. The Morgan fingerprint density at radius 3 is 2.80 bits per heavy atom. The van der Waals surface area contributed by atoms with E-state index in [4.69, 9.17) is 4.74 Å². The van der Waals surface area contributed by atoms with Gasteiger partial charge in [0.1, 0.15) is 5.82 Å². The number of hydrogen-bond donors (Lipinski definition) is 0. The van der Waals surface area contributed by atoms with E-state index in [1.54, 1.807) is 0 Å². The summed E-state index contributed by atoms with van der Waals surface area (Å²) in [6.45, 7) is 7.28. The number of hydrogen-bond acceptors (Lipinski definition) is 6. The highest BCUT2D eigenvalue weighted by atomic mass is 32.1. The van der Waals surface area contributed by atoms with Gasteiger partial charge in [0.2, 0.25) is 5.13 Å². The van der Waals surface area contributed by atoms with E-state index in [0.29, 0.717) is 6.42 Å². The molecule has 0 spiro atoms. The van der Waals surface area contributed by atoms with Crippen LogP contribution in [0.5, 0.6) is 0 Å². The Balaban J connectivity index is 2.15. The van der Waals surface area contributed by atoms with Crippen molar-refractivity contribution in [3.05, 3.63) is 5.82 Å². The smallest absolute Gasteiger partial charge is 0.307 e. The first-order valence-corrected chi connectivity index (χ1v) is 7.87. The van der Waals surface area contributed by atoms with E-state index in [1.165, 1.54) is 18.6 Å². The van der Waals surface area contributed by atoms with Crippen molar-refractivity contribution in [1.82, 2.24) is 9.36 Å². The molecule has 1 atom stereocenters. The molecule has 20 heavy (non-hydrogen) atoms. The van der Waals surface area contributed by atoms with Gasteiger partial charge in [0, 0.05) is 29.5 Å². The maximum Gasteiger partial charge on any atom is 0.307 e. The summed E-state index contributed by atoms with van der Waals surface area (Å²) in [6.07, 6.45) is 3.74. The van der Waals surface area contributed by atoms with Crippen molar-refractivity contribution in [2.45, 2.75) is 57.9 Å². The Morgan fingerprint density at radius 2 is 2.20 bits per heavy atom. The Labute approximate surface area is 124 Å². The Hall–Kier alpha value is -1.17. The minimum Gasteiger partial charge on any atom is -0.469 e. The summed E-state index contributed by atoms with van der Waals surface area (Å²) in [7, 11) is 1.44. The largest absolute Gasteiger partial charge is 0.469 e. The van der Waals surface area contributed by atoms with Crippen LogP contribution < -0.4 is 4.90 Å². The summed E-state index contributed by atoms with van der Waals surface area (Å²) in [5.41, 5.74) is -0.0393. The molecule has 1 aliphatic heterocycles. The molecule has 2 rings (SSSR count). The number of nitrogens with zero attached hydrogens (tertiary/aromatic N) is 3. The summed E-state index contributed by atoms with van der Waals surface area (Å²) in [6, 6.07) is 0.192. The number of methoxy groups -OCH3 is 1. The molecular weight excluding hydrogens is 274 g/mol. The number of anilines is 1. The van der Waals surface area contributed by atoms with Gasteiger partial charge >= 0.3 is 5.97 Å². The first-order chi connectivity index (χ1) is 9.41. The molecular formula is C14H23N3O2S. The van der Waals surface area contributed by atoms with Gasteiger partial charge in [-0.2, -0.15) is 4.37 Å². The predicted octanol–water partition coefficient (Wildman–Crippen LogP) is 2.76. The van der Waals surface area contributed by atoms with Crippen LogP contribution in [0.4, 0.5) is 5.13 Å². The molecule has 1 aliphatic rings. The van der Waals surface area contributed by atoms with Gasteiger partial charge in [-0.05, 0) is 19.3 Å². The SMILES string of the molecule is COC(=O)CC1CCCCN1c1nc(C(C)(C)C)ns1. The zero-order chi connectivity index (χ0) is 14.8. The minimum absolute atomic E-state index is 0.0393. The number of esters is 1. The number of piperidine rings is 1. The van der Waals surface area contributed by atoms with Crippen LogP contribution in [0.1, 0.15) is 52.3 Å². The second-order valence-electron chi connectivity index (χ2n) is 6.27. The average molecular weight is 297 g/mol. The Morgan fingerprint density at radius 1 is 1.45 bits per heavy atom. The van der Waals surface area contributed by atoms with E-state index < -0.39 is 0 Å². The second kappa shape index (κ2) is 6.08. The van der Waals surface area contributed by atoms with Gasteiger partial charge in [-0.15, -0.1) is 0 Å². The molecule has 112 valence electrons. The van der Waals surface area contributed by atoms with Crippen LogP contribution in [0.15, 0.2) is 0 Å². The van der Waals surface area contributed by atoms with Gasteiger partial charge in [-0.25, -0.2) is 4.98 Å². The molecule has 1 unspecified atom stereocenters. The number of aromatic nitrogens is 2. The topological polar surface area (TPSA) is 55.3 Å². The maximum absolute atomic E-state index is 11.5. The van der Waals surface area contributed by atoms with Gasteiger partial charge < -0.3 is 9.64 Å². The molecule has 0 radical (unpaired) electrons. The zero-order valence-corrected chi connectivity index (χ0v) is 13.5. The molecule has 1 fully saturated rings. The molecule has 0 bridgehead atoms. The highest BCUT2D eigenvalue weighted by Gasteiger charge is 2.29. The predicted molar refractivity (Wildman–Crippen MR) is 80.2 cm³/mol. The number of carbonyl (C=O) groups excluding carboxylic acids is 1. The van der Waals surface area contributed by atoms with E-state index in [2.05, 4.69) is 35.0 Å². The lowest BCUT2D eigenvalue weighted by Crippen LogP contribution is -2.41. The van der Waals surface area contributed by atoms with E-state index >= 15 is 0 Å². The van der Waals surface area contributed by atoms with Crippen molar-refractivity contribution in [1.29, 1.82) is 0 Å². The average Bonchev–Trinajstić information content (AvgIpc) is 2.88. The number of rotatable bonds is 3. The van der Waals surface area contributed by atoms with Gasteiger partial charge in [0.25, 0.3) is 0 Å². The fourth-order valence-electron chi connectivity index (χ4n) is 2.38. The van der Waals surface area contributed by atoms with Crippen molar-refractivity contribution in [2.75, 3.05) is 18.6 Å². The first-order valence-electron chi connectivity index (χ1n) is 7.09. The summed E-state index contributed by atoms with van der Waals surface area (Å²) in [4.78, 5) is 18.4.